The van der Waals surface area contributed by atoms with Gasteiger partial charge in [0.25, 0.3) is 11.8 Å². The molecule has 10 heteroatoms. The van der Waals surface area contributed by atoms with Crippen molar-refractivity contribution in [3.05, 3.63) is 54.1 Å². The predicted octanol–water partition coefficient (Wildman–Crippen LogP) is 1.34. The molecule has 0 aliphatic carbocycles. The van der Waals surface area contributed by atoms with Gasteiger partial charge in [-0.25, -0.2) is 14.8 Å². The number of nitrogens with zero attached hydrogens (tertiary/aromatic N) is 6. The van der Waals surface area contributed by atoms with E-state index in [4.69, 9.17) is 9.26 Å². The molecule has 154 valence electrons. The molecule has 3 aromatic rings. The van der Waals surface area contributed by atoms with Crippen LogP contribution in [0.5, 0.6) is 0 Å². The summed E-state index contributed by atoms with van der Waals surface area (Å²) in [4.78, 5) is 40.9. The highest BCUT2D eigenvalue weighted by Gasteiger charge is 2.23. The van der Waals surface area contributed by atoms with E-state index < -0.39 is 5.97 Å². The lowest BCUT2D eigenvalue weighted by Gasteiger charge is -2.34. The van der Waals surface area contributed by atoms with Gasteiger partial charge in [0.2, 0.25) is 5.95 Å². The quantitative estimate of drug-likeness (QED) is 0.577. The summed E-state index contributed by atoms with van der Waals surface area (Å²) in [6.45, 7) is 3.72. The highest BCUT2D eigenvalue weighted by molar-refractivity contribution is 5.91. The maximum absolute atomic E-state index is 12.4. The lowest BCUT2D eigenvalue weighted by atomic mass is 10.1. The summed E-state index contributed by atoms with van der Waals surface area (Å²) < 4.78 is 10.3. The Balaban J connectivity index is 1.26. The fourth-order valence-corrected chi connectivity index (χ4v) is 3.08. The molecule has 0 unspecified atom stereocenters. The molecule has 0 radical (unpaired) electrons. The molecule has 30 heavy (non-hydrogen) atoms. The van der Waals surface area contributed by atoms with Crippen LogP contribution < -0.4 is 4.90 Å². The molecule has 10 nitrogen and oxygen atoms in total. The van der Waals surface area contributed by atoms with Crippen LogP contribution in [0.2, 0.25) is 0 Å². The SMILES string of the molecule is Cc1noc(-c2ccc(C(=O)OCC(=O)N3CCN(c4ncccn4)CC3)cc2)n1. The number of anilines is 1. The predicted molar refractivity (Wildman–Crippen MR) is 106 cm³/mol. The van der Waals surface area contributed by atoms with Gasteiger partial charge in [-0.15, -0.1) is 0 Å². The number of carbonyl (C=O) groups is 2. The van der Waals surface area contributed by atoms with Crippen molar-refractivity contribution in [2.24, 2.45) is 0 Å². The van der Waals surface area contributed by atoms with E-state index >= 15 is 0 Å². The summed E-state index contributed by atoms with van der Waals surface area (Å²) in [5, 5.41) is 3.74. The number of aryl methyl sites for hydroxylation is 1. The monoisotopic (exact) mass is 408 g/mol. The first-order chi connectivity index (χ1) is 14.6. The van der Waals surface area contributed by atoms with Crippen LogP contribution >= 0.6 is 0 Å². The zero-order valence-electron chi connectivity index (χ0n) is 16.4. The first kappa shape index (κ1) is 19.5. The molecule has 0 bridgehead atoms. The minimum absolute atomic E-state index is 0.227. The zero-order valence-corrected chi connectivity index (χ0v) is 16.4. The molecule has 1 aromatic carbocycles. The summed E-state index contributed by atoms with van der Waals surface area (Å²) >= 11 is 0. The maximum atomic E-state index is 12.4. The Hall–Kier alpha value is -3.82. The number of rotatable bonds is 5. The highest BCUT2D eigenvalue weighted by Crippen LogP contribution is 2.18. The molecule has 1 fully saturated rings. The van der Waals surface area contributed by atoms with Gasteiger partial charge in [0, 0.05) is 44.1 Å². The Morgan fingerprint density at radius 3 is 2.40 bits per heavy atom. The smallest absolute Gasteiger partial charge is 0.338 e. The van der Waals surface area contributed by atoms with E-state index in [2.05, 4.69) is 20.1 Å². The summed E-state index contributed by atoms with van der Waals surface area (Å²) in [5.74, 6) is 0.768. The molecule has 0 spiro atoms. The Bertz CT molecular complexity index is 1010. The standard InChI is InChI=1S/C20H20N6O4/c1-14-23-18(30-24-14)15-3-5-16(6-4-15)19(28)29-13-17(27)25-9-11-26(12-10-25)20-21-7-2-8-22-20/h2-8H,9-13H2,1H3. The zero-order chi connectivity index (χ0) is 20.9. The van der Waals surface area contributed by atoms with Crippen LogP contribution in [0.25, 0.3) is 11.5 Å². The van der Waals surface area contributed by atoms with Crippen LogP contribution in [0.1, 0.15) is 16.2 Å². The molecule has 0 saturated carbocycles. The van der Waals surface area contributed by atoms with E-state index in [1.807, 2.05) is 4.90 Å². The molecule has 4 rings (SSSR count). The average Bonchev–Trinajstić information content (AvgIpc) is 3.24. The summed E-state index contributed by atoms with van der Waals surface area (Å²) in [7, 11) is 0. The van der Waals surface area contributed by atoms with E-state index in [0.29, 0.717) is 55.0 Å². The largest absolute Gasteiger partial charge is 0.452 e. The Kier molecular flexibility index (Phi) is 5.64. The van der Waals surface area contributed by atoms with Crippen molar-refractivity contribution < 1.29 is 18.8 Å². The second kappa shape index (κ2) is 8.68. The van der Waals surface area contributed by atoms with Gasteiger partial charge in [0.05, 0.1) is 5.56 Å². The van der Waals surface area contributed by atoms with Gasteiger partial charge in [-0.2, -0.15) is 4.98 Å². The maximum Gasteiger partial charge on any atom is 0.338 e. The number of carbonyl (C=O) groups excluding carboxylic acids is 2. The molecule has 2 aromatic heterocycles. The van der Waals surface area contributed by atoms with E-state index in [1.165, 1.54) is 0 Å². The van der Waals surface area contributed by atoms with Crippen LogP contribution in [-0.4, -0.2) is 69.7 Å². The average molecular weight is 408 g/mol. The van der Waals surface area contributed by atoms with Crippen molar-refractivity contribution >= 4 is 17.8 Å². The van der Waals surface area contributed by atoms with Crippen molar-refractivity contribution in [1.82, 2.24) is 25.0 Å². The van der Waals surface area contributed by atoms with E-state index in [9.17, 15) is 9.59 Å². The lowest BCUT2D eigenvalue weighted by molar-refractivity contribution is -0.134. The number of amides is 1. The number of piperazine rings is 1. The second-order valence-corrected chi connectivity index (χ2v) is 6.72. The first-order valence-electron chi connectivity index (χ1n) is 9.48. The molecular weight excluding hydrogens is 388 g/mol. The Labute approximate surface area is 172 Å². The molecule has 1 aliphatic heterocycles. The fraction of sp³-hybridized carbons (Fsp3) is 0.300. The molecule has 1 saturated heterocycles. The number of aromatic nitrogens is 4. The summed E-state index contributed by atoms with van der Waals surface area (Å²) in [6.07, 6.45) is 3.38. The van der Waals surface area contributed by atoms with Crippen LogP contribution in [0, 0.1) is 6.92 Å². The summed E-state index contributed by atoms with van der Waals surface area (Å²) in [6, 6.07) is 8.34. The topological polar surface area (TPSA) is 115 Å². The van der Waals surface area contributed by atoms with Crippen molar-refractivity contribution in [3.63, 3.8) is 0 Å². The van der Waals surface area contributed by atoms with Gasteiger partial charge in [0.15, 0.2) is 12.4 Å². The molecule has 0 N–H and O–H groups in total. The molecule has 3 heterocycles. The highest BCUT2D eigenvalue weighted by atomic mass is 16.5. The van der Waals surface area contributed by atoms with Crippen LogP contribution in [-0.2, 0) is 9.53 Å². The molecule has 1 aliphatic rings. The number of ether oxygens (including phenoxy) is 1. The first-order valence-corrected chi connectivity index (χ1v) is 9.48. The van der Waals surface area contributed by atoms with Gasteiger partial charge in [-0.3, -0.25) is 4.79 Å². The van der Waals surface area contributed by atoms with Gasteiger partial charge in [0.1, 0.15) is 0 Å². The van der Waals surface area contributed by atoms with Crippen molar-refractivity contribution in [1.29, 1.82) is 0 Å². The molecule has 0 atom stereocenters. The van der Waals surface area contributed by atoms with Gasteiger partial charge < -0.3 is 19.1 Å². The fourth-order valence-electron chi connectivity index (χ4n) is 3.08. The minimum Gasteiger partial charge on any atom is -0.452 e. The Morgan fingerprint density at radius 2 is 1.77 bits per heavy atom. The second-order valence-electron chi connectivity index (χ2n) is 6.72. The number of hydrogen-bond acceptors (Lipinski definition) is 9. The van der Waals surface area contributed by atoms with Crippen LogP contribution in [0.3, 0.4) is 0 Å². The van der Waals surface area contributed by atoms with Crippen molar-refractivity contribution in [2.75, 3.05) is 37.7 Å². The van der Waals surface area contributed by atoms with Crippen molar-refractivity contribution in [3.8, 4) is 11.5 Å². The Morgan fingerprint density at radius 1 is 1.07 bits per heavy atom. The van der Waals surface area contributed by atoms with E-state index in [1.54, 1.807) is 54.5 Å². The third-order valence-electron chi connectivity index (χ3n) is 4.69. The van der Waals surface area contributed by atoms with Crippen LogP contribution in [0.4, 0.5) is 5.95 Å². The third kappa shape index (κ3) is 4.43. The number of hydrogen-bond donors (Lipinski definition) is 0. The normalized spacial score (nSPS) is 13.9. The number of benzene rings is 1. The molecule has 1 amide bonds. The van der Waals surface area contributed by atoms with E-state index in [-0.39, 0.29) is 12.5 Å². The van der Waals surface area contributed by atoms with Gasteiger partial charge in [-0.05, 0) is 37.3 Å². The third-order valence-corrected chi connectivity index (χ3v) is 4.69. The van der Waals surface area contributed by atoms with Gasteiger partial charge in [-0.1, -0.05) is 5.16 Å². The minimum atomic E-state index is -0.562. The number of esters is 1. The van der Waals surface area contributed by atoms with Gasteiger partial charge >= 0.3 is 5.97 Å². The summed E-state index contributed by atoms with van der Waals surface area (Å²) in [5.41, 5.74) is 1.04. The van der Waals surface area contributed by atoms with E-state index in [0.717, 1.165) is 0 Å². The lowest BCUT2D eigenvalue weighted by Crippen LogP contribution is -2.50. The van der Waals surface area contributed by atoms with Crippen LogP contribution in [0.15, 0.2) is 47.2 Å². The van der Waals surface area contributed by atoms with Crippen molar-refractivity contribution in [2.45, 2.75) is 6.92 Å². The molecular formula is C20H20N6O4.